The zero-order valence-electron chi connectivity index (χ0n) is 17.9. The van der Waals surface area contributed by atoms with Crippen LogP contribution in [-0.4, -0.2) is 50.7 Å². The molecular weight excluding hydrogens is 384 g/mol. The van der Waals surface area contributed by atoms with Crippen molar-refractivity contribution < 1.29 is 19.4 Å². The summed E-state index contributed by atoms with van der Waals surface area (Å²) < 4.78 is 13.5. The fraction of sp³-hybridized carbons (Fsp3) is 0.682. The molecule has 0 aromatic carbocycles. The Morgan fingerprint density at radius 2 is 2.07 bits per heavy atom. The van der Waals surface area contributed by atoms with E-state index in [-0.39, 0.29) is 17.5 Å². The molecule has 164 valence electrons. The van der Waals surface area contributed by atoms with Gasteiger partial charge in [0, 0.05) is 30.5 Å². The van der Waals surface area contributed by atoms with E-state index in [0.29, 0.717) is 24.7 Å². The smallest absolute Gasteiger partial charge is 0.338 e. The number of hydrogen-bond donors (Lipinski definition) is 2. The van der Waals surface area contributed by atoms with E-state index in [1.807, 2.05) is 0 Å². The van der Waals surface area contributed by atoms with Crippen molar-refractivity contribution in [1.29, 1.82) is 0 Å². The van der Waals surface area contributed by atoms with E-state index < -0.39 is 11.8 Å². The number of aromatic nitrogens is 3. The Hall–Kier alpha value is -2.19. The maximum absolute atomic E-state index is 11.8. The maximum atomic E-state index is 11.8. The molecule has 1 atom stereocenters. The normalized spacial score (nSPS) is 20.1. The largest absolute Gasteiger partial charge is 0.478 e. The molecule has 8 heteroatoms. The number of carbonyl (C=O) groups is 1. The van der Waals surface area contributed by atoms with Gasteiger partial charge in [0.15, 0.2) is 5.79 Å². The quantitative estimate of drug-likeness (QED) is 0.622. The number of hydrogen-bond acceptors (Lipinski definition) is 6. The third-order valence-electron chi connectivity index (χ3n) is 6.37. The monoisotopic (exact) mass is 416 g/mol. The molecule has 0 amide bonds. The lowest BCUT2D eigenvalue weighted by atomic mass is 9.83. The average molecular weight is 417 g/mol. The van der Waals surface area contributed by atoms with Crippen LogP contribution in [0.25, 0.3) is 5.52 Å². The van der Waals surface area contributed by atoms with E-state index >= 15 is 0 Å². The molecule has 8 nitrogen and oxygen atoms in total. The van der Waals surface area contributed by atoms with Crippen LogP contribution in [0.1, 0.15) is 87.2 Å². The third-order valence-corrected chi connectivity index (χ3v) is 6.37. The van der Waals surface area contributed by atoms with Gasteiger partial charge < -0.3 is 19.9 Å². The summed E-state index contributed by atoms with van der Waals surface area (Å²) in [6.45, 7) is 5.63. The number of unbranched alkanes of at least 4 members (excludes halogenated alkanes) is 2. The van der Waals surface area contributed by atoms with E-state index in [9.17, 15) is 9.90 Å². The minimum Gasteiger partial charge on any atom is -0.478 e. The fourth-order valence-electron chi connectivity index (χ4n) is 4.68. The zero-order valence-corrected chi connectivity index (χ0v) is 17.9. The summed E-state index contributed by atoms with van der Waals surface area (Å²) in [7, 11) is 0. The molecule has 30 heavy (non-hydrogen) atoms. The summed E-state index contributed by atoms with van der Waals surface area (Å²) in [5, 5.41) is 17.7. The van der Waals surface area contributed by atoms with Crippen molar-refractivity contribution >= 4 is 17.4 Å². The number of ether oxygens (including phenoxy) is 2. The van der Waals surface area contributed by atoms with Gasteiger partial charge in [-0.3, -0.25) is 0 Å². The van der Waals surface area contributed by atoms with Crippen LogP contribution in [0, 0.1) is 0 Å². The molecule has 2 N–H and O–H groups in total. The Morgan fingerprint density at radius 1 is 1.33 bits per heavy atom. The Morgan fingerprint density at radius 3 is 2.73 bits per heavy atom. The number of nitrogens with one attached hydrogen (secondary N) is 1. The van der Waals surface area contributed by atoms with E-state index in [1.165, 1.54) is 19.3 Å². The number of rotatable bonds is 8. The first-order valence-electron chi connectivity index (χ1n) is 11.2. The van der Waals surface area contributed by atoms with Gasteiger partial charge in [-0.2, -0.15) is 0 Å². The Kier molecular flexibility index (Phi) is 6.24. The van der Waals surface area contributed by atoms with Gasteiger partial charge in [0.1, 0.15) is 0 Å². The molecule has 2 fully saturated rings. The van der Waals surface area contributed by atoms with E-state index in [4.69, 9.17) is 9.47 Å². The Labute approximate surface area is 177 Å². The standard InChI is InChI=1S/C22H32N4O4/c1-3-4-5-6-15(2)24-21-23-14-19-17(20(27)28)13-18(26(19)25-21)16-7-9-22(10-8-16)29-11-12-30-22/h13-16H,3-12H2,1-2H3,(H,24,25)(H,27,28). The number of fused-ring (bicyclic) bond motifs is 1. The number of aromatic carboxylic acids is 1. The summed E-state index contributed by atoms with van der Waals surface area (Å²) in [6, 6.07) is 2.03. The molecule has 0 radical (unpaired) electrons. The molecule has 4 rings (SSSR count). The van der Waals surface area contributed by atoms with Crippen molar-refractivity contribution in [1.82, 2.24) is 14.6 Å². The van der Waals surface area contributed by atoms with E-state index in [1.54, 1.807) is 16.8 Å². The second-order valence-electron chi connectivity index (χ2n) is 8.59. The molecule has 2 aliphatic rings. The lowest BCUT2D eigenvalue weighted by Crippen LogP contribution is -2.34. The first-order chi connectivity index (χ1) is 14.5. The zero-order chi connectivity index (χ0) is 21.1. The highest BCUT2D eigenvalue weighted by molar-refractivity contribution is 5.96. The lowest BCUT2D eigenvalue weighted by Gasteiger charge is -2.35. The molecule has 3 heterocycles. The van der Waals surface area contributed by atoms with Crippen molar-refractivity contribution in [2.24, 2.45) is 0 Å². The van der Waals surface area contributed by atoms with Gasteiger partial charge in [0.25, 0.3) is 0 Å². The van der Waals surface area contributed by atoms with Crippen LogP contribution in [0.4, 0.5) is 5.95 Å². The van der Waals surface area contributed by atoms with Crippen LogP contribution in [0.3, 0.4) is 0 Å². The minimum absolute atomic E-state index is 0.216. The number of carboxylic acid groups (broad SMARTS) is 1. The molecule has 0 bridgehead atoms. The second kappa shape index (κ2) is 8.89. The predicted molar refractivity (Wildman–Crippen MR) is 113 cm³/mol. The van der Waals surface area contributed by atoms with Crippen LogP contribution in [-0.2, 0) is 9.47 Å². The number of anilines is 1. The topological polar surface area (TPSA) is 98.0 Å². The third kappa shape index (κ3) is 4.30. The van der Waals surface area contributed by atoms with Gasteiger partial charge in [-0.25, -0.2) is 14.3 Å². The van der Waals surface area contributed by atoms with Crippen molar-refractivity contribution in [2.75, 3.05) is 18.5 Å². The van der Waals surface area contributed by atoms with Gasteiger partial charge in [-0.05, 0) is 32.3 Å². The van der Waals surface area contributed by atoms with Gasteiger partial charge in [-0.1, -0.05) is 26.2 Å². The van der Waals surface area contributed by atoms with E-state index in [0.717, 1.165) is 37.8 Å². The molecular formula is C22H32N4O4. The average Bonchev–Trinajstić information content (AvgIpc) is 3.34. The van der Waals surface area contributed by atoms with Crippen LogP contribution >= 0.6 is 0 Å². The lowest BCUT2D eigenvalue weighted by molar-refractivity contribution is -0.179. The van der Waals surface area contributed by atoms with Crippen molar-refractivity contribution in [3.63, 3.8) is 0 Å². The molecule has 1 aliphatic heterocycles. The molecule has 2 aromatic rings. The first kappa shape index (κ1) is 21.1. The van der Waals surface area contributed by atoms with Gasteiger partial charge in [0.2, 0.25) is 5.95 Å². The molecule has 1 saturated carbocycles. The molecule has 1 saturated heterocycles. The summed E-state index contributed by atoms with van der Waals surface area (Å²) in [5.41, 5.74) is 1.72. The van der Waals surface area contributed by atoms with Gasteiger partial charge >= 0.3 is 5.97 Å². The summed E-state index contributed by atoms with van der Waals surface area (Å²) in [4.78, 5) is 16.2. The van der Waals surface area contributed by atoms with E-state index in [2.05, 4.69) is 29.2 Å². The Bertz CT molecular complexity index is 881. The minimum atomic E-state index is -0.953. The Balaban J connectivity index is 1.56. The predicted octanol–water partition coefficient (Wildman–Crippen LogP) is 4.21. The summed E-state index contributed by atoms with van der Waals surface area (Å²) in [6.07, 6.45) is 9.64. The highest BCUT2D eigenvalue weighted by Crippen LogP contribution is 2.43. The summed E-state index contributed by atoms with van der Waals surface area (Å²) in [5.74, 6) is -0.635. The summed E-state index contributed by atoms with van der Waals surface area (Å²) >= 11 is 0. The maximum Gasteiger partial charge on any atom is 0.338 e. The highest BCUT2D eigenvalue weighted by atomic mass is 16.7. The second-order valence-corrected chi connectivity index (χ2v) is 8.59. The molecule has 1 unspecified atom stereocenters. The van der Waals surface area contributed by atoms with Crippen LogP contribution < -0.4 is 5.32 Å². The number of nitrogens with zero attached hydrogens (tertiary/aromatic N) is 3. The van der Waals surface area contributed by atoms with Gasteiger partial charge in [0.05, 0.1) is 30.5 Å². The first-order valence-corrected chi connectivity index (χ1v) is 11.2. The SMILES string of the molecule is CCCCCC(C)Nc1ncc2c(C(=O)O)cc(C3CCC4(CC3)OCCO4)n2n1. The highest BCUT2D eigenvalue weighted by Gasteiger charge is 2.41. The molecule has 2 aromatic heterocycles. The fourth-order valence-corrected chi connectivity index (χ4v) is 4.68. The van der Waals surface area contributed by atoms with Crippen LogP contribution in [0.2, 0.25) is 0 Å². The molecule has 1 aliphatic carbocycles. The molecule has 1 spiro atoms. The van der Waals surface area contributed by atoms with Crippen molar-refractivity contribution in [2.45, 2.75) is 83.0 Å². The van der Waals surface area contributed by atoms with Crippen LogP contribution in [0.5, 0.6) is 0 Å². The van der Waals surface area contributed by atoms with Gasteiger partial charge in [-0.15, -0.1) is 5.10 Å². The van der Waals surface area contributed by atoms with Crippen molar-refractivity contribution in [3.05, 3.63) is 23.5 Å². The number of carboxylic acids is 1. The van der Waals surface area contributed by atoms with Crippen molar-refractivity contribution in [3.8, 4) is 0 Å². The van der Waals surface area contributed by atoms with Crippen LogP contribution in [0.15, 0.2) is 12.3 Å².